The van der Waals surface area contributed by atoms with Crippen molar-refractivity contribution in [2.75, 3.05) is 7.11 Å². The van der Waals surface area contributed by atoms with Gasteiger partial charge in [0.25, 0.3) is 0 Å². The molecule has 0 fully saturated rings. The molecule has 23 heavy (non-hydrogen) atoms. The van der Waals surface area contributed by atoms with Gasteiger partial charge in [0.2, 0.25) is 0 Å². The van der Waals surface area contributed by atoms with Gasteiger partial charge in [-0.1, -0.05) is 0 Å². The molecule has 1 aliphatic heterocycles. The van der Waals surface area contributed by atoms with Crippen molar-refractivity contribution in [3.8, 4) is 5.75 Å². The van der Waals surface area contributed by atoms with Gasteiger partial charge in [0, 0.05) is 35.0 Å². The van der Waals surface area contributed by atoms with E-state index in [1.165, 1.54) is 27.7 Å². The van der Waals surface area contributed by atoms with Crippen LogP contribution in [0.15, 0.2) is 42.7 Å². The molecular weight excluding hydrogens is 310 g/mol. The van der Waals surface area contributed by atoms with Gasteiger partial charge in [-0.15, -0.1) is 12.4 Å². The predicted octanol–water partition coefficient (Wildman–Crippen LogP) is 3.62. The maximum atomic E-state index is 5.38. The second-order valence-corrected chi connectivity index (χ2v) is 5.91. The molecular formula is C18H20ClN3O. The van der Waals surface area contributed by atoms with Crippen LogP contribution in [0, 0.1) is 0 Å². The van der Waals surface area contributed by atoms with Crippen molar-refractivity contribution in [3.05, 3.63) is 59.5 Å². The molecule has 2 aromatic heterocycles. The lowest BCUT2D eigenvalue weighted by atomic mass is 9.91. The fraction of sp³-hybridized carbons (Fsp3) is 0.278. The molecule has 1 aliphatic rings. The van der Waals surface area contributed by atoms with E-state index in [0.29, 0.717) is 6.04 Å². The summed E-state index contributed by atoms with van der Waals surface area (Å²) in [7, 11) is 1.71. The molecule has 4 rings (SSSR count). The highest BCUT2D eigenvalue weighted by molar-refractivity contribution is 5.87. The Hall–Kier alpha value is -2.04. The normalized spacial score (nSPS) is 19.9. The molecule has 2 unspecified atom stereocenters. The molecule has 5 heteroatoms. The number of halogens is 1. The van der Waals surface area contributed by atoms with Crippen molar-refractivity contribution in [1.29, 1.82) is 0 Å². The van der Waals surface area contributed by atoms with Crippen molar-refractivity contribution >= 4 is 23.3 Å². The van der Waals surface area contributed by atoms with Gasteiger partial charge in [0.15, 0.2) is 0 Å². The Bertz CT molecular complexity index is 816. The first kappa shape index (κ1) is 15.8. The van der Waals surface area contributed by atoms with Crippen LogP contribution in [-0.2, 0) is 6.42 Å². The van der Waals surface area contributed by atoms with Crippen molar-refractivity contribution in [2.24, 2.45) is 0 Å². The van der Waals surface area contributed by atoms with E-state index in [9.17, 15) is 0 Å². The number of rotatable bonds is 2. The lowest BCUT2D eigenvalue weighted by Gasteiger charge is -2.29. The van der Waals surface area contributed by atoms with Gasteiger partial charge in [-0.2, -0.15) is 0 Å². The van der Waals surface area contributed by atoms with Crippen molar-refractivity contribution in [1.82, 2.24) is 15.3 Å². The summed E-state index contributed by atoms with van der Waals surface area (Å²) in [5.41, 5.74) is 5.05. The topological polar surface area (TPSA) is 49.9 Å². The number of H-pyrrole nitrogens is 1. The minimum absolute atomic E-state index is 0. The zero-order chi connectivity index (χ0) is 15.1. The van der Waals surface area contributed by atoms with E-state index in [1.54, 1.807) is 7.11 Å². The number of nitrogens with zero attached hydrogens (tertiary/aromatic N) is 1. The lowest BCUT2D eigenvalue weighted by molar-refractivity contribution is 0.415. The third kappa shape index (κ3) is 2.69. The Morgan fingerprint density at radius 1 is 1.17 bits per heavy atom. The predicted molar refractivity (Wildman–Crippen MR) is 94.5 cm³/mol. The summed E-state index contributed by atoms with van der Waals surface area (Å²) < 4.78 is 5.38. The number of aromatic amines is 1. The molecule has 4 nitrogen and oxygen atoms in total. The first-order valence-corrected chi connectivity index (χ1v) is 7.60. The van der Waals surface area contributed by atoms with Crippen LogP contribution in [0.5, 0.6) is 5.75 Å². The largest absolute Gasteiger partial charge is 0.497 e. The Morgan fingerprint density at radius 3 is 2.70 bits per heavy atom. The van der Waals surface area contributed by atoms with E-state index in [0.717, 1.165) is 12.2 Å². The number of aromatic nitrogens is 2. The summed E-state index contributed by atoms with van der Waals surface area (Å²) in [6.07, 6.45) is 4.72. The number of nitrogens with one attached hydrogen (secondary N) is 2. The Labute approximate surface area is 141 Å². The van der Waals surface area contributed by atoms with Crippen LogP contribution < -0.4 is 10.1 Å². The van der Waals surface area contributed by atoms with Crippen LogP contribution in [0.3, 0.4) is 0 Å². The molecule has 0 bridgehead atoms. The smallest absolute Gasteiger partial charge is 0.119 e. The van der Waals surface area contributed by atoms with Crippen molar-refractivity contribution in [3.63, 3.8) is 0 Å². The standard InChI is InChI=1S/C18H19N3O.ClH/c1-11-9-15-14-10-13(22-2)3-4-16(14)21-18(15)17(20-11)12-5-7-19-8-6-12;/h3-8,10-11,17,20-21H,9H2,1-2H3;1H. The molecule has 0 aliphatic carbocycles. The lowest BCUT2D eigenvalue weighted by Crippen LogP contribution is -2.37. The van der Waals surface area contributed by atoms with E-state index >= 15 is 0 Å². The SMILES string of the molecule is COc1ccc2[nH]c3c(c2c1)CC(C)NC3c1ccncc1.Cl. The molecule has 0 saturated heterocycles. The first-order valence-electron chi connectivity index (χ1n) is 7.60. The Kier molecular flexibility index (Phi) is 4.28. The van der Waals surface area contributed by atoms with Crippen LogP contribution in [0.2, 0.25) is 0 Å². The molecule has 0 amide bonds. The molecule has 0 spiro atoms. The van der Waals surface area contributed by atoms with Gasteiger partial charge in [0.1, 0.15) is 5.75 Å². The summed E-state index contributed by atoms with van der Waals surface area (Å²) >= 11 is 0. The number of benzene rings is 1. The first-order chi connectivity index (χ1) is 10.8. The summed E-state index contributed by atoms with van der Waals surface area (Å²) in [5, 5.41) is 4.95. The average molecular weight is 330 g/mol. The number of hydrogen-bond acceptors (Lipinski definition) is 3. The van der Waals surface area contributed by atoms with Crippen molar-refractivity contribution in [2.45, 2.75) is 25.4 Å². The maximum absolute atomic E-state index is 5.38. The van der Waals surface area contributed by atoms with E-state index in [4.69, 9.17) is 4.74 Å². The van der Waals surface area contributed by atoms with Crippen LogP contribution in [0.1, 0.15) is 29.8 Å². The molecule has 2 N–H and O–H groups in total. The third-order valence-corrected chi connectivity index (χ3v) is 4.44. The van der Waals surface area contributed by atoms with E-state index < -0.39 is 0 Å². The van der Waals surface area contributed by atoms with Gasteiger partial charge in [0.05, 0.1) is 13.2 Å². The van der Waals surface area contributed by atoms with Crippen LogP contribution in [0.4, 0.5) is 0 Å². The highest BCUT2D eigenvalue weighted by Crippen LogP contribution is 2.36. The van der Waals surface area contributed by atoms with Crippen LogP contribution in [0.25, 0.3) is 10.9 Å². The van der Waals surface area contributed by atoms with Gasteiger partial charge >= 0.3 is 0 Å². The minimum atomic E-state index is 0. The summed E-state index contributed by atoms with van der Waals surface area (Å²) in [4.78, 5) is 7.72. The van der Waals surface area contributed by atoms with Gasteiger partial charge in [-0.25, -0.2) is 0 Å². The van der Waals surface area contributed by atoms with Gasteiger partial charge in [-0.3, -0.25) is 4.98 Å². The number of methoxy groups -OCH3 is 1. The van der Waals surface area contributed by atoms with E-state index in [-0.39, 0.29) is 18.4 Å². The van der Waals surface area contributed by atoms with Gasteiger partial charge in [-0.05, 0) is 54.8 Å². The van der Waals surface area contributed by atoms with Crippen LogP contribution >= 0.6 is 12.4 Å². The summed E-state index contributed by atoms with van der Waals surface area (Å²) in [6, 6.07) is 11.0. The fourth-order valence-electron chi connectivity index (χ4n) is 3.39. The molecule has 3 aromatic rings. The van der Waals surface area contributed by atoms with E-state index in [2.05, 4.69) is 46.5 Å². The van der Waals surface area contributed by atoms with Crippen LogP contribution in [-0.4, -0.2) is 23.1 Å². The van der Waals surface area contributed by atoms with Gasteiger partial charge < -0.3 is 15.0 Å². The third-order valence-electron chi connectivity index (χ3n) is 4.44. The minimum Gasteiger partial charge on any atom is -0.497 e. The Morgan fingerprint density at radius 2 is 1.96 bits per heavy atom. The molecule has 120 valence electrons. The highest BCUT2D eigenvalue weighted by atomic mass is 35.5. The zero-order valence-corrected chi connectivity index (χ0v) is 14.0. The second-order valence-electron chi connectivity index (χ2n) is 5.91. The number of pyridine rings is 1. The second kappa shape index (κ2) is 6.22. The molecule has 0 radical (unpaired) electrons. The maximum Gasteiger partial charge on any atom is 0.119 e. The molecule has 0 saturated carbocycles. The Balaban J connectivity index is 0.00000156. The fourth-order valence-corrected chi connectivity index (χ4v) is 3.39. The number of fused-ring (bicyclic) bond motifs is 3. The summed E-state index contributed by atoms with van der Waals surface area (Å²) in [5.74, 6) is 0.904. The molecule has 1 aromatic carbocycles. The van der Waals surface area contributed by atoms with E-state index in [1.807, 2.05) is 18.5 Å². The summed E-state index contributed by atoms with van der Waals surface area (Å²) in [6.45, 7) is 2.23. The zero-order valence-electron chi connectivity index (χ0n) is 13.2. The van der Waals surface area contributed by atoms with Crippen molar-refractivity contribution < 1.29 is 4.74 Å². The quantitative estimate of drug-likeness (QED) is 0.755. The molecule has 2 atom stereocenters. The molecule has 3 heterocycles. The average Bonchev–Trinajstić information content (AvgIpc) is 2.92. The number of hydrogen-bond donors (Lipinski definition) is 2. The monoisotopic (exact) mass is 329 g/mol. The highest BCUT2D eigenvalue weighted by Gasteiger charge is 2.28. The number of ether oxygens (including phenoxy) is 1.